The van der Waals surface area contributed by atoms with Crippen LogP contribution < -0.4 is 18.9 Å². The van der Waals surface area contributed by atoms with Crippen LogP contribution in [-0.4, -0.2) is 56.4 Å². The Bertz CT molecular complexity index is 1470. The second kappa shape index (κ2) is 11.5. The molecule has 0 unspecified atom stereocenters. The molecule has 0 aliphatic carbocycles. The lowest BCUT2D eigenvalue weighted by Crippen LogP contribution is -2.49. The molecule has 2 atom stereocenters. The molecule has 210 valence electrons. The molecule has 1 aromatic heterocycles. The first-order chi connectivity index (χ1) is 19.4. The molecule has 0 fully saturated rings. The first-order valence-corrected chi connectivity index (χ1v) is 13.4. The van der Waals surface area contributed by atoms with Gasteiger partial charge in [0.25, 0.3) is 0 Å². The van der Waals surface area contributed by atoms with Crippen LogP contribution in [0.15, 0.2) is 60.7 Å². The van der Waals surface area contributed by atoms with Crippen molar-refractivity contribution in [3.63, 3.8) is 0 Å². The van der Waals surface area contributed by atoms with Crippen LogP contribution in [0.1, 0.15) is 42.3 Å². The number of benzene rings is 3. The summed E-state index contributed by atoms with van der Waals surface area (Å²) in [6.45, 7) is 4.25. The molecule has 4 aromatic rings. The molecule has 3 aromatic carbocycles. The van der Waals surface area contributed by atoms with Gasteiger partial charge in [-0.15, -0.1) is 0 Å². The number of methoxy groups -OCH3 is 4. The number of rotatable bonds is 9. The number of aromatic amines is 1. The van der Waals surface area contributed by atoms with Gasteiger partial charge in [0.2, 0.25) is 5.75 Å². The topological polar surface area (TPSA) is 82.3 Å². The van der Waals surface area contributed by atoms with E-state index in [1.54, 1.807) is 28.4 Å². The average molecular weight is 545 g/mol. The van der Waals surface area contributed by atoms with Crippen molar-refractivity contribution in [2.24, 2.45) is 0 Å². The third-order valence-electron chi connectivity index (χ3n) is 7.40. The summed E-state index contributed by atoms with van der Waals surface area (Å²) >= 11 is 0. The standard InChI is InChI=1S/C32H36N2O6/c1-19(2)40-32(35)26-17-24-23-9-7-8-10-25(23)33-29(24)30(34(26)18-20-11-13-22(36-3)14-12-20)21-15-27(37-4)31(39-6)28(16-21)38-5/h7-16,19,26,30,33H,17-18H2,1-6H3/t26-,30+/m1/s1. The maximum Gasteiger partial charge on any atom is 0.323 e. The van der Waals surface area contributed by atoms with Gasteiger partial charge in [-0.2, -0.15) is 0 Å². The third kappa shape index (κ3) is 5.07. The lowest BCUT2D eigenvalue weighted by Gasteiger charge is -2.41. The Labute approximate surface area is 234 Å². The van der Waals surface area contributed by atoms with Crippen molar-refractivity contribution in [1.29, 1.82) is 0 Å². The third-order valence-corrected chi connectivity index (χ3v) is 7.40. The number of ether oxygens (including phenoxy) is 5. The molecular formula is C32H36N2O6. The van der Waals surface area contributed by atoms with E-state index in [0.29, 0.717) is 30.2 Å². The Morgan fingerprint density at radius 3 is 2.20 bits per heavy atom. The number of aromatic nitrogens is 1. The van der Waals surface area contributed by atoms with Crippen molar-refractivity contribution in [3.8, 4) is 23.0 Å². The Kier molecular flexibility index (Phi) is 7.89. The Balaban J connectivity index is 1.73. The fourth-order valence-electron chi connectivity index (χ4n) is 5.62. The van der Waals surface area contributed by atoms with Crippen LogP contribution in [-0.2, 0) is 22.5 Å². The number of nitrogens with zero attached hydrogens (tertiary/aromatic N) is 1. The molecule has 0 spiro atoms. The van der Waals surface area contributed by atoms with Crippen LogP contribution in [0.25, 0.3) is 10.9 Å². The zero-order chi connectivity index (χ0) is 28.4. The summed E-state index contributed by atoms with van der Waals surface area (Å²) in [5, 5.41) is 1.10. The highest BCUT2D eigenvalue weighted by Crippen LogP contribution is 2.46. The maximum atomic E-state index is 13.7. The molecule has 0 radical (unpaired) electrons. The predicted molar refractivity (Wildman–Crippen MR) is 153 cm³/mol. The second-order valence-electron chi connectivity index (χ2n) is 10.1. The summed E-state index contributed by atoms with van der Waals surface area (Å²) in [5.74, 6) is 2.13. The van der Waals surface area contributed by atoms with E-state index in [4.69, 9.17) is 23.7 Å². The van der Waals surface area contributed by atoms with Gasteiger partial charge in [-0.3, -0.25) is 9.69 Å². The summed E-state index contributed by atoms with van der Waals surface area (Å²) < 4.78 is 28.3. The number of nitrogens with one attached hydrogen (secondary N) is 1. The van der Waals surface area contributed by atoms with Gasteiger partial charge in [0.1, 0.15) is 11.8 Å². The summed E-state index contributed by atoms with van der Waals surface area (Å²) in [5.41, 5.74) is 5.09. The van der Waals surface area contributed by atoms with E-state index in [0.717, 1.165) is 39.0 Å². The van der Waals surface area contributed by atoms with E-state index in [2.05, 4.69) is 22.0 Å². The largest absolute Gasteiger partial charge is 0.497 e. The molecule has 0 saturated carbocycles. The van der Waals surface area contributed by atoms with Crippen molar-refractivity contribution < 1.29 is 28.5 Å². The van der Waals surface area contributed by atoms with E-state index >= 15 is 0 Å². The quantitative estimate of drug-likeness (QED) is 0.272. The van der Waals surface area contributed by atoms with Gasteiger partial charge in [0, 0.05) is 29.6 Å². The Morgan fingerprint density at radius 1 is 0.925 bits per heavy atom. The minimum Gasteiger partial charge on any atom is -0.497 e. The van der Waals surface area contributed by atoms with Crippen molar-refractivity contribution in [2.45, 2.75) is 45.0 Å². The van der Waals surface area contributed by atoms with E-state index < -0.39 is 6.04 Å². The molecule has 0 saturated heterocycles. The molecule has 5 rings (SSSR count). The minimum atomic E-state index is -0.528. The number of carbonyl (C=O) groups excluding carboxylic acids is 1. The lowest BCUT2D eigenvalue weighted by atomic mass is 9.87. The molecule has 8 nitrogen and oxygen atoms in total. The highest BCUT2D eigenvalue weighted by molar-refractivity contribution is 5.87. The van der Waals surface area contributed by atoms with Gasteiger partial charge in [0.05, 0.1) is 40.6 Å². The number of esters is 1. The van der Waals surface area contributed by atoms with Gasteiger partial charge >= 0.3 is 5.97 Å². The Hall–Kier alpha value is -4.17. The molecule has 8 heteroatoms. The number of fused-ring (bicyclic) bond motifs is 3. The van der Waals surface area contributed by atoms with E-state index in [1.807, 2.05) is 62.4 Å². The van der Waals surface area contributed by atoms with Gasteiger partial charge in [-0.05, 0) is 60.9 Å². The molecule has 1 N–H and O–H groups in total. The van der Waals surface area contributed by atoms with Crippen LogP contribution in [0.3, 0.4) is 0 Å². The average Bonchev–Trinajstić information content (AvgIpc) is 3.34. The van der Waals surface area contributed by atoms with Crippen LogP contribution >= 0.6 is 0 Å². The minimum absolute atomic E-state index is 0.237. The van der Waals surface area contributed by atoms with Crippen molar-refractivity contribution in [3.05, 3.63) is 83.0 Å². The molecule has 0 bridgehead atoms. The fraction of sp³-hybridized carbons (Fsp3) is 0.344. The summed E-state index contributed by atoms with van der Waals surface area (Å²) in [7, 11) is 6.45. The predicted octanol–water partition coefficient (Wildman–Crippen LogP) is 5.67. The maximum absolute atomic E-state index is 13.7. The van der Waals surface area contributed by atoms with Crippen LogP contribution in [0.5, 0.6) is 23.0 Å². The zero-order valence-corrected chi connectivity index (χ0v) is 23.8. The molecular weight excluding hydrogens is 508 g/mol. The number of para-hydroxylation sites is 1. The Morgan fingerprint density at radius 2 is 1.60 bits per heavy atom. The van der Waals surface area contributed by atoms with Crippen molar-refractivity contribution >= 4 is 16.9 Å². The summed E-state index contributed by atoms with van der Waals surface area (Å²) in [6, 6.07) is 19.2. The summed E-state index contributed by atoms with van der Waals surface area (Å²) in [4.78, 5) is 19.6. The van der Waals surface area contributed by atoms with Crippen molar-refractivity contribution in [2.75, 3.05) is 28.4 Å². The van der Waals surface area contributed by atoms with E-state index in [1.165, 1.54) is 0 Å². The van der Waals surface area contributed by atoms with Gasteiger partial charge in [-0.1, -0.05) is 30.3 Å². The summed E-state index contributed by atoms with van der Waals surface area (Å²) in [6.07, 6.45) is 0.279. The van der Waals surface area contributed by atoms with Gasteiger partial charge in [0.15, 0.2) is 11.5 Å². The molecule has 2 heterocycles. The first-order valence-electron chi connectivity index (χ1n) is 13.4. The first kappa shape index (κ1) is 27.4. The second-order valence-corrected chi connectivity index (χ2v) is 10.1. The van der Waals surface area contributed by atoms with E-state index in [9.17, 15) is 4.79 Å². The molecule has 40 heavy (non-hydrogen) atoms. The number of carbonyl (C=O) groups is 1. The normalized spacial score (nSPS) is 17.0. The van der Waals surface area contributed by atoms with Crippen LogP contribution in [0, 0.1) is 0 Å². The number of hydrogen-bond donors (Lipinski definition) is 1. The molecule has 0 amide bonds. The highest BCUT2D eigenvalue weighted by atomic mass is 16.5. The van der Waals surface area contributed by atoms with Gasteiger partial charge in [-0.25, -0.2) is 0 Å². The van der Waals surface area contributed by atoms with Crippen LogP contribution in [0.2, 0.25) is 0 Å². The molecule has 1 aliphatic heterocycles. The van der Waals surface area contributed by atoms with Crippen LogP contribution in [0.4, 0.5) is 0 Å². The fourth-order valence-corrected chi connectivity index (χ4v) is 5.62. The number of hydrogen-bond acceptors (Lipinski definition) is 7. The SMILES string of the molecule is COc1ccc(CN2[C@@H](c3cc(OC)c(OC)c(OC)c3)c3[nH]c4ccccc4c3C[C@@H]2C(=O)OC(C)C)cc1. The number of H-pyrrole nitrogens is 1. The monoisotopic (exact) mass is 544 g/mol. The van der Waals surface area contributed by atoms with Gasteiger partial charge < -0.3 is 28.7 Å². The lowest BCUT2D eigenvalue weighted by molar-refractivity contribution is -0.155. The van der Waals surface area contributed by atoms with Crippen molar-refractivity contribution in [1.82, 2.24) is 9.88 Å². The molecule has 1 aliphatic rings. The highest BCUT2D eigenvalue weighted by Gasteiger charge is 2.42. The zero-order valence-electron chi connectivity index (χ0n) is 23.8. The van der Waals surface area contributed by atoms with E-state index in [-0.39, 0.29) is 18.1 Å². The smallest absolute Gasteiger partial charge is 0.323 e.